The van der Waals surface area contributed by atoms with Gasteiger partial charge in [-0.05, 0) is 129 Å². The Hall–Kier alpha value is -7.56. The second-order valence-corrected chi connectivity index (χ2v) is 25.2. The molecule has 4 heteroatoms. The maximum atomic E-state index is 7.25. The van der Waals surface area contributed by atoms with Crippen LogP contribution >= 0.6 is 0 Å². The summed E-state index contributed by atoms with van der Waals surface area (Å²) in [4.78, 5) is 4.85. The van der Waals surface area contributed by atoms with Crippen LogP contribution in [0.15, 0.2) is 167 Å². The molecule has 2 aromatic heterocycles. The summed E-state index contributed by atoms with van der Waals surface area (Å²) in [5.41, 5.74) is 17.2. The van der Waals surface area contributed by atoms with E-state index in [0.717, 1.165) is 78.0 Å². The van der Waals surface area contributed by atoms with Crippen LogP contribution in [0.4, 0.5) is 34.1 Å². The fourth-order valence-corrected chi connectivity index (χ4v) is 11.5. The van der Waals surface area contributed by atoms with Gasteiger partial charge in [0.25, 0.3) is 0 Å². The van der Waals surface area contributed by atoms with Crippen LogP contribution in [0.5, 0.6) is 0 Å². The van der Waals surface area contributed by atoms with Gasteiger partial charge in [-0.25, -0.2) is 0 Å². The molecular weight excluding hydrogens is 901 g/mol. The van der Waals surface area contributed by atoms with E-state index in [1.54, 1.807) is 0 Å². The zero-order chi connectivity index (χ0) is 52.0. The second kappa shape index (κ2) is 16.5. The monoisotopic (exact) mass is 969 g/mol. The summed E-state index contributed by atoms with van der Waals surface area (Å²) >= 11 is 0. The Morgan fingerprint density at radius 3 is 1.03 bits per heavy atom. The van der Waals surface area contributed by atoms with Crippen LogP contribution in [0.2, 0.25) is 0 Å². The van der Waals surface area contributed by atoms with Crippen molar-refractivity contribution in [3.63, 3.8) is 0 Å². The van der Waals surface area contributed by atoms with Crippen molar-refractivity contribution >= 4 is 110 Å². The molecule has 0 atom stereocenters. The number of hydrogen-bond acceptors (Lipinski definition) is 4. The summed E-state index contributed by atoms with van der Waals surface area (Å²) in [6, 6.07) is 59.2. The first kappa shape index (κ1) is 47.4. The van der Waals surface area contributed by atoms with E-state index in [0.29, 0.717) is 0 Å². The second-order valence-electron chi connectivity index (χ2n) is 25.2. The zero-order valence-corrected chi connectivity index (χ0v) is 45.7. The molecule has 12 aromatic rings. The number of furan rings is 2. The summed E-state index contributed by atoms with van der Waals surface area (Å²) in [5.74, 6) is 0. The van der Waals surface area contributed by atoms with Crippen molar-refractivity contribution in [2.75, 3.05) is 9.80 Å². The van der Waals surface area contributed by atoms with Crippen LogP contribution in [0, 0.1) is 13.8 Å². The van der Waals surface area contributed by atoms with E-state index in [4.69, 9.17) is 8.83 Å². The number of rotatable bonds is 6. The van der Waals surface area contributed by atoms with Crippen molar-refractivity contribution in [1.29, 1.82) is 0 Å². The first-order valence-corrected chi connectivity index (χ1v) is 26.5. The normalized spacial score (nSPS) is 13.0. The van der Waals surface area contributed by atoms with E-state index in [2.05, 4.69) is 264 Å². The Morgan fingerprint density at radius 1 is 0.311 bits per heavy atom. The molecule has 370 valence electrons. The number of benzene rings is 10. The fraction of sp³-hybridized carbons (Fsp3) is 0.257. The van der Waals surface area contributed by atoms with E-state index in [9.17, 15) is 0 Å². The number of aryl methyl sites for hydroxylation is 2. The molecule has 0 aliphatic carbocycles. The van der Waals surface area contributed by atoms with Crippen LogP contribution in [0.3, 0.4) is 0 Å². The van der Waals surface area contributed by atoms with Gasteiger partial charge in [0.2, 0.25) is 0 Å². The first-order chi connectivity index (χ1) is 35.0. The average molecular weight is 969 g/mol. The Bertz CT molecular complexity index is 3900. The van der Waals surface area contributed by atoms with E-state index in [1.165, 1.54) is 65.7 Å². The number of para-hydroxylation sites is 2. The molecule has 2 heterocycles. The standard InChI is InChI=1S/C70H68N2O2/c1-41-21-29-47(30-22-41)71(59-19-15-17-49-53-37-45(67(3,4)5)39-55(69(9,10)11)63(53)73-65(49)59)57-35-27-43-26-34-52-58(36-28-44-25-33-51(57)61(43)62(44)52)72(48-31-23-42(2)24-32-48)60-20-16-18-50-54-38-46(68(6,7)8)40-56(70(12,13)14)64(54)74-66(50)60/h15-40H,1-14H3. The van der Waals surface area contributed by atoms with Crippen LogP contribution in [-0.4, -0.2) is 0 Å². The number of hydrogen-bond donors (Lipinski definition) is 0. The largest absolute Gasteiger partial charge is 0.454 e. The highest BCUT2D eigenvalue weighted by atomic mass is 16.3. The molecule has 0 spiro atoms. The molecule has 10 aromatic carbocycles. The highest BCUT2D eigenvalue weighted by molar-refractivity contribution is 6.29. The predicted molar refractivity (Wildman–Crippen MR) is 318 cm³/mol. The molecule has 0 saturated heterocycles. The van der Waals surface area contributed by atoms with Gasteiger partial charge in [0, 0.05) is 54.8 Å². The smallest absolute Gasteiger partial charge is 0.159 e. The maximum absolute atomic E-state index is 7.25. The first-order valence-electron chi connectivity index (χ1n) is 26.5. The molecule has 12 rings (SSSR count). The van der Waals surface area contributed by atoms with Gasteiger partial charge < -0.3 is 18.6 Å². The van der Waals surface area contributed by atoms with E-state index in [-0.39, 0.29) is 21.7 Å². The third-order valence-electron chi connectivity index (χ3n) is 15.7. The van der Waals surface area contributed by atoms with Crippen LogP contribution in [0.25, 0.3) is 76.2 Å². The molecule has 0 aliphatic rings. The minimum absolute atomic E-state index is 0.0323. The Morgan fingerprint density at radius 2 is 0.676 bits per heavy atom. The highest BCUT2D eigenvalue weighted by Gasteiger charge is 2.31. The molecule has 0 aliphatic heterocycles. The van der Waals surface area contributed by atoms with Gasteiger partial charge in [-0.15, -0.1) is 0 Å². The molecular formula is C70H68N2O2. The maximum Gasteiger partial charge on any atom is 0.159 e. The summed E-state index contributed by atoms with van der Waals surface area (Å²) in [6.45, 7) is 31.9. The third kappa shape index (κ3) is 7.62. The Kier molecular flexibility index (Phi) is 10.6. The molecule has 0 amide bonds. The van der Waals surface area contributed by atoms with Crippen LogP contribution in [0.1, 0.15) is 116 Å². The minimum Gasteiger partial charge on any atom is -0.454 e. The van der Waals surface area contributed by atoms with Crippen molar-refractivity contribution in [3.8, 4) is 0 Å². The van der Waals surface area contributed by atoms with E-state index in [1.807, 2.05) is 0 Å². The predicted octanol–water partition coefficient (Wildman–Crippen LogP) is 21.1. The lowest BCUT2D eigenvalue weighted by molar-refractivity contribution is 0.558. The minimum atomic E-state index is -0.130. The quantitative estimate of drug-likeness (QED) is 0.155. The summed E-state index contributed by atoms with van der Waals surface area (Å²) in [7, 11) is 0. The molecule has 4 nitrogen and oxygen atoms in total. The highest BCUT2D eigenvalue weighted by Crippen LogP contribution is 2.52. The van der Waals surface area contributed by atoms with Crippen LogP contribution < -0.4 is 9.80 Å². The van der Waals surface area contributed by atoms with Crippen molar-refractivity contribution in [1.82, 2.24) is 0 Å². The zero-order valence-electron chi connectivity index (χ0n) is 45.7. The Balaban J connectivity index is 1.12. The fourth-order valence-electron chi connectivity index (χ4n) is 11.5. The third-order valence-corrected chi connectivity index (χ3v) is 15.7. The average Bonchev–Trinajstić information content (AvgIpc) is 3.93. The van der Waals surface area contributed by atoms with E-state index < -0.39 is 0 Å². The van der Waals surface area contributed by atoms with Crippen LogP contribution in [-0.2, 0) is 21.7 Å². The molecule has 0 fully saturated rings. The molecule has 0 bridgehead atoms. The summed E-state index contributed by atoms with van der Waals surface area (Å²) in [5, 5.41) is 11.7. The Labute approximate surface area is 436 Å². The lowest BCUT2D eigenvalue weighted by Crippen LogP contribution is -2.16. The number of nitrogens with zero attached hydrogens (tertiary/aromatic N) is 2. The van der Waals surface area contributed by atoms with Gasteiger partial charge in [-0.1, -0.05) is 191 Å². The van der Waals surface area contributed by atoms with Gasteiger partial charge in [-0.2, -0.15) is 0 Å². The molecule has 74 heavy (non-hydrogen) atoms. The van der Waals surface area contributed by atoms with Crippen molar-refractivity contribution in [3.05, 3.63) is 191 Å². The summed E-state index contributed by atoms with van der Waals surface area (Å²) < 4.78 is 14.5. The molecule has 0 unspecified atom stereocenters. The SMILES string of the molecule is Cc1ccc(N(c2ccc3ccc4c(N(c5ccc(C)cc5)c5cccc6c5oc5c(C(C)(C)C)cc(C(C)(C)C)cc56)ccc5ccc2c3c54)c2cccc3c2oc2c(C(C)(C)C)cc(C(C)(C)C)cc23)cc1. The van der Waals surface area contributed by atoms with Crippen molar-refractivity contribution in [2.45, 2.75) is 119 Å². The van der Waals surface area contributed by atoms with E-state index >= 15 is 0 Å². The number of fused-ring (bicyclic) bond motifs is 6. The molecule has 0 N–H and O–H groups in total. The van der Waals surface area contributed by atoms with Gasteiger partial charge in [0.1, 0.15) is 11.2 Å². The topological polar surface area (TPSA) is 32.8 Å². The van der Waals surface area contributed by atoms with Gasteiger partial charge in [0.05, 0.1) is 22.7 Å². The van der Waals surface area contributed by atoms with Gasteiger partial charge in [0.15, 0.2) is 11.2 Å². The number of anilines is 6. The summed E-state index contributed by atoms with van der Waals surface area (Å²) in [6.07, 6.45) is 0. The molecule has 0 radical (unpaired) electrons. The van der Waals surface area contributed by atoms with Crippen molar-refractivity contribution in [2.24, 2.45) is 0 Å². The van der Waals surface area contributed by atoms with Gasteiger partial charge in [-0.3, -0.25) is 0 Å². The lowest BCUT2D eigenvalue weighted by Gasteiger charge is -2.29. The lowest BCUT2D eigenvalue weighted by atomic mass is 9.79. The molecule has 0 saturated carbocycles. The van der Waals surface area contributed by atoms with Gasteiger partial charge >= 0.3 is 0 Å². The van der Waals surface area contributed by atoms with Crippen molar-refractivity contribution < 1.29 is 8.83 Å².